The summed E-state index contributed by atoms with van der Waals surface area (Å²) in [5.41, 5.74) is -1.71. The van der Waals surface area contributed by atoms with E-state index in [-0.39, 0.29) is 30.3 Å². The van der Waals surface area contributed by atoms with Crippen molar-refractivity contribution in [2.24, 2.45) is 5.92 Å². The van der Waals surface area contributed by atoms with Crippen LogP contribution in [-0.2, 0) is 10.7 Å². The smallest absolute Gasteiger partial charge is 0.337 e. The van der Waals surface area contributed by atoms with Crippen LogP contribution in [0.1, 0.15) is 29.3 Å². The van der Waals surface area contributed by atoms with Crippen molar-refractivity contribution in [1.29, 1.82) is 0 Å². The van der Waals surface area contributed by atoms with Gasteiger partial charge < -0.3 is 10.2 Å². The third-order valence-corrected chi connectivity index (χ3v) is 4.72. The van der Waals surface area contributed by atoms with Gasteiger partial charge in [0.1, 0.15) is 5.82 Å². The number of rotatable bonds is 4. The third-order valence-electron chi connectivity index (χ3n) is 4.72. The highest BCUT2D eigenvalue weighted by atomic mass is 19.3. The molecule has 1 aliphatic rings. The molecule has 2 aromatic rings. The van der Waals surface area contributed by atoms with Gasteiger partial charge in [-0.2, -0.15) is 8.78 Å². The number of likely N-dealkylation sites (tertiary alicyclic amines) is 1. The van der Waals surface area contributed by atoms with Gasteiger partial charge in [-0.05, 0) is 42.7 Å². The summed E-state index contributed by atoms with van der Waals surface area (Å²) in [6.07, 6.45) is 0.570. The molecule has 0 aromatic heterocycles. The van der Waals surface area contributed by atoms with E-state index in [0.717, 1.165) is 23.1 Å². The average Bonchev–Trinajstić information content (AvgIpc) is 3.10. The molecule has 1 N–H and O–H groups in total. The minimum absolute atomic E-state index is 0.0628. The maximum atomic E-state index is 14.7. The quantitative estimate of drug-likeness (QED) is 0.761. The maximum Gasteiger partial charge on any atom is 0.352 e. The van der Waals surface area contributed by atoms with Crippen LogP contribution in [0.5, 0.6) is 0 Å². The van der Waals surface area contributed by atoms with Gasteiger partial charge in [-0.1, -0.05) is 6.92 Å². The van der Waals surface area contributed by atoms with Gasteiger partial charge in [-0.15, -0.1) is 0 Å². The molecule has 0 bridgehead atoms. The lowest BCUT2D eigenvalue weighted by molar-refractivity contribution is -0.158. The van der Waals surface area contributed by atoms with E-state index in [1.165, 1.54) is 0 Å². The predicted octanol–water partition coefficient (Wildman–Crippen LogP) is 4.32. The Bertz CT molecular complexity index is 964. The predicted molar refractivity (Wildman–Crippen MR) is 95.0 cm³/mol. The Kier molecular flexibility index (Phi) is 5.59. The average molecular weight is 412 g/mol. The highest BCUT2D eigenvalue weighted by molar-refractivity contribution is 6.04. The van der Waals surface area contributed by atoms with Crippen LogP contribution in [-0.4, -0.2) is 29.8 Å². The number of nitrogens with one attached hydrogen (secondary N) is 1. The Morgan fingerprint density at radius 1 is 1.03 bits per heavy atom. The molecule has 0 radical (unpaired) electrons. The number of nitrogens with zero attached hydrogens (tertiary/aromatic N) is 1. The molecular weight excluding hydrogens is 395 g/mol. The molecule has 1 aliphatic heterocycles. The number of benzene rings is 2. The van der Waals surface area contributed by atoms with Gasteiger partial charge in [0, 0.05) is 30.4 Å². The van der Waals surface area contributed by atoms with Crippen molar-refractivity contribution in [3.05, 3.63) is 65.0 Å². The molecule has 0 aliphatic carbocycles. The topological polar surface area (TPSA) is 49.4 Å². The highest BCUT2D eigenvalue weighted by Crippen LogP contribution is 2.34. The van der Waals surface area contributed by atoms with Gasteiger partial charge in [0.15, 0.2) is 11.6 Å². The van der Waals surface area contributed by atoms with Crippen LogP contribution in [0.4, 0.5) is 27.6 Å². The minimum Gasteiger partial charge on any atom is -0.337 e. The lowest BCUT2D eigenvalue weighted by Crippen LogP contribution is -2.41. The van der Waals surface area contributed by atoms with E-state index < -0.39 is 40.8 Å². The molecule has 4 nitrogen and oxygen atoms in total. The van der Waals surface area contributed by atoms with Crippen molar-refractivity contribution in [2.75, 3.05) is 18.4 Å². The van der Waals surface area contributed by atoms with Gasteiger partial charge in [0.25, 0.3) is 11.8 Å². The maximum absolute atomic E-state index is 14.7. The standard InChI is InChI=1S/C20H17F5N2O2/c1-11-6-7-27(10-11)19(29)20(24,25)14-8-12(2-4-15(14)21)18(28)26-13-3-5-16(22)17(23)9-13/h2-5,8-9,11H,6-7,10H2,1H3,(H,26,28)/t11-/m0/s1. The lowest BCUT2D eigenvalue weighted by Gasteiger charge is -2.23. The SMILES string of the molecule is C[C@H]1CCN(C(=O)C(F)(F)c2cc(C(=O)Nc3ccc(F)c(F)c3)ccc2F)C1. The first kappa shape index (κ1) is 20.8. The Morgan fingerprint density at radius 3 is 2.34 bits per heavy atom. The number of anilines is 1. The summed E-state index contributed by atoms with van der Waals surface area (Å²) in [7, 11) is 0. The summed E-state index contributed by atoms with van der Waals surface area (Å²) in [6.45, 7) is 2.11. The molecule has 29 heavy (non-hydrogen) atoms. The molecular formula is C20H17F5N2O2. The van der Waals surface area contributed by atoms with Crippen LogP contribution >= 0.6 is 0 Å². The Morgan fingerprint density at radius 2 is 1.72 bits per heavy atom. The summed E-state index contributed by atoms with van der Waals surface area (Å²) in [5.74, 6) is -10.2. The van der Waals surface area contributed by atoms with Crippen LogP contribution in [0.15, 0.2) is 36.4 Å². The third kappa shape index (κ3) is 4.23. The van der Waals surface area contributed by atoms with Gasteiger partial charge in [-0.3, -0.25) is 9.59 Å². The van der Waals surface area contributed by atoms with E-state index in [0.29, 0.717) is 24.6 Å². The molecule has 9 heteroatoms. The van der Waals surface area contributed by atoms with E-state index in [2.05, 4.69) is 5.32 Å². The Hall–Kier alpha value is -2.97. The second-order valence-corrected chi connectivity index (χ2v) is 7.00. The van der Waals surface area contributed by atoms with Crippen molar-refractivity contribution < 1.29 is 31.5 Å². The van der Waals surface area contributed by atoms with Crippen LogP contribution in [0.25, 0.3) is 0 Å². The summed E-state index contributed by atoms with van der Waals surface area (Å²) >= 11 is 0. The monoisotopic (exact) mass is 412 g/mol. The fourth-order valence-electron chi connectivity index (χ4n) is 3.12. The molecule has 154 valence electrons. The van der Waals surface area contributed by atoms with Crippen LogP contribution < -0.4 is 5.32 Å². The van der Waals surface area contributed by atoms with Gasteiger partial charge in [0.2, 0.25) is 0 Å². The molecule has 1 atom stereocenters. The molecule has 1 heterocycles. The number of carbonyl (C=O) groups is 2. The molecule has 0 unspecified atom stereocenters. The molecule has 2 aromatic carbocycles. The van der Waals surface area contributed by atoms with Crippen LogP contribution in [0, 0.1) is 23.4 Å². The van der Waals surface area contributed by atoms with E-state index in [1.54, 1.807) is 0 Å². The minimum atomic E-state index is -4.16. The molecule has 3 rings (SSSR count). The van der Waals surface area contributed by atoms with Gasteiger partial charge in [0.05, 0.1) is 5.56 Å². The van der Waals surface area contributed by atoms with Gasteiger partial charge >= 0.3 is 5.92 Å². The summed E-state index contributed by atoms with van der Waals surface area (Å²) < 4.78 is 69.7. The zero-order valence-corrected chi connectivity index (χ0v) is 15.3. The highest BCUT2D eigenvalue weighted by Gasteiger charge is 2.47. The fraction of sp³-hybridized carbons (Fsp3) is 0.300. The first-order chi connectivity index (χ1) is 13.6. The molecule has 1 fully saturated rings. The molecule has 2 amide bonds. The number of amides is 2. The molecule has 0 saturated carbocycles. The lowest BCUT2D eigenvalue weighted by atomic mass is 10.0. The van der Waals surface area contributed by atoms with Crippen molar-refractivity contribution >= 4 is 17.5 Å². The zero-order valence-electron chi connectivity index (χ0n) is 15.3. The first-order valence-corrected chi connectivity index (χ1v) is 8.83. The number of hydrogen-bond acceptors (Lipinski definition) is 2. The second kappa shape index (κ2) is 7.81. The zero-order chi connectivity index (χ0) is 21.3. The van der Waals surface area contributed by atoms with E-state index in [9.17, 15) is 31.5 Å². The Balaban J connectivity index is 1.85. The number of carbonyl (C=O) groups excluding carboxylic acids is 2. The fourth-order valence-corrected chi connectivity index (χ4v) is 3.12. The second-order valence-electron chi connectivity index (χ2n) is 7.00. The van der Waals surface area contributed by atoms with Crippen molar-refractivity contribution in [2.45, 2.75) is 19.3 Å². The molecule has 0 spiro atoms. The Labute approximate surface area is 163 Å². The van der Waals surface area contributed by atoms with Crippen molar-refractivity contribution in [1.82, 2.24) is 4.90 Å². The number of alkyl halides is 2. The van der Waals surface area contributed by atoms with Crippen LogP contribution in [0.3, 0.4) is 0 Å². The van der Waals surface area contributed by atoms with Gasteiger partial charge in [-0.25, -0.2) is 13.2 Å². The van der Waals surface area contributed by atoms with E-state index in [1.807, 2.05) is 6.92 Å². The van der Waals surface area contributed by atoms with Crippen LogP contribution in [0.2, 0.25) is 0 Å². The largest absolute Gasteiger partial charge is 0.352 e. The molecule has 1 saturated heterocycles. The summed E-state index contributed by atoms with van der Waals surface area (Å²) in [4.78, 5) is 25.5. The first-order valence-electron chi connectivity index (χ1n) is 8.83. The summed E-state index contributed by atoms with van der Waals surface area (Å²) in [5, 5.41) is 2.21. The normalized spacial score (nSPS) is 16.8. The summed E-state index contributed by atoms with van der Waals surface area (Å²) in [6, 6.07) is 4.76. The van der Waals surface area contributed by atoms with E-state index >= 15 is 0 Å². The number of hydrogen-bond donors (Lipinski definition) is 1. The van der Waals surface area contributed by atoms with E-state index in [4.69, 9.17) is 0 Å². The van der Waals surface area contributed by atoms with Crippen molar-refractivity contribution in [3.8, 4) is 0 Å². The van der Waals surface area contributed by atoms with Crippen molar-refractivity contribution in [3.63, 3.8) is 0 Å². The number of halogens is 5.